The van der Waals surface area contributed by atoms with E-state index in [0.717, 1.165) is 0 Å². The maximum atomic E-state index is 13.7. The molecule has 172 valence electrons. The molecule has 3 unspecified atom stereocenters. The van der Waals surface area contributed by atoms with Crippen LogP contribution in [-0.4, -0.2) is 34.7 Å². The van der Waals surface area contributed by atoms with Gasteiger partial charge in [-0.05, 0) is 31.9 Å². The first-order valence-corrected chi connectivity index (χ1v) is 11.2. The number of carbonyl (C=O) groups excluding carboxylic acids is 2. The van der Waals surface area contributed by atoms with Gasteiger partial charge in [-0.25, -0.2) is 4.90 Å². The van der Waals surface area contributed by atoms with E-state index in [9.17, 15) is 20.0 Å². The monoisotopic (exact) mass is 447 g/mol. The van der Waals surface area contributed by atoms with E-state index in [1.165, 1.54) is 11.8 Å². The van der Waals surface area contributed by atoms with Crippen LogP contribution in [0.2, 0.25) is 0 Å². The maximum Gasteiger partial charge on any atom is 0.240 e. The fraction of sp³-hybridized carbons (Fsp3) is 0.462. The number of benzene rings is 2. The van der Waals surface area contributed by atoms with Crippen LogP contribution in [-0.2, 0) is 14.3 Å². The van der Waals surface area contributed by atoms with E-state index in [0.29, 0.717) is 34.9 Å². The van der Waals surface area contributed by atoms with Crippen LogP contribution in [0, 0.1) is 34.5 Å². The van der Waals surface area contributed by atoms with E-state index in [1.54, 1.807) is 18.2 Å². The Morgan fingerprint density at radius 1 is 1.03 bits per heavy atom. The highest BCUT2D eigenvalue weighted by Crippen LogP contribution is 2.56. The summed E-state index contributed by atoms with van der Waals surface area (Å²) in [6, 6.07) is 14.6. The summed E-state index contributed by atoms with van der Waals surface area (Å²) in [5.74, 6) is -1.79. The fourth-order valence-electron chi connectivity index (χ4n) is 5.48. The molecule has 4 rings (SSSR count). The SMILES string of the molecule is CC#N.CCC1(CC)OC(C)(CCO)C2C(=O)N(c3ccc(C#N)c4ccccc34)C(=O)C21. The minimum atomic E-state index is -0.907. The van der Waals surface area contributed by atoms with Crippen LogP contribution >= 0.6 is 0 Å². The van der Waals surface area contributed by atoms with Crippen molar-refractivity contribution < 1.29 is 19.4 Å². The van der Waals surface area contributed by atoms with E-state index in [2.05, 4.69) is 6.07 Å². The molecular formula is C26H29N3O4. The van der Waals surface area contributed by atoms with E-state index in [4.69, 9.17) is 10.00 Å². The normalized spacial score (nSPS) is 25.2. The van der Waals surface area contributed by atoms with Crippen molar-refractivity contribution in [1.29, 1.82) is 10.5 Å². The predicted octanol–water partition coefficient (Wildman–Crippen LogP) is 4.08. The van der Waals surface area contributed by atoms with Crippen molar-refractivity contribution in [3.8, 4) is 12.1 Å². The first kappa shape index (κ1) is 24.4. The Hall–Kier alpha value is -3.26. The van der Waals surface area contributed by atoms with Gasteiger partial charge >= 0.3 is 0 Å². The van der Waals surface area contributed by atoms with Crippen molar-refractivity contribution in [3.05, 3.63) is 42.0 Å². The molecule has 0 aromatic heterocycles. The van der Waals surface area contributed by atoms with Crippen molar-refractivity contribution in [2.24, 2.45) is 11.8 Å². The van der Waals surface area contributed by atoms with Crippen LogP contribution in [0.1, 0.15) is 52.5 Å². The predicted molar refractivity (Wildman–Crippen MR) is 124 cm³/mol. The second-order valence-electron chi connectivity index (χ2n) is 8.64. The largest absolute Gasteiger partial charge is 0.396 e. The number of nitrogens with zero attached hydrogens (tertiary/aromatic N) is 3. The number of hydrogen-bond acceptors (Lipinski definition) is 6. The van der Waals surface area contributed by atoms with Gasteiger partial charge < -0.3 is 9.84 Å². The molecule has 2 aliphatic rings. The Morgan fingerprint density at radius 3 is 2.15 bits per heavy atom. The van der Waals surface area contributed by atoms with Crippen molar-refractivity contribution in [3.63, 3.8) is 0 Å². The number of imide groups is 1. The number of hydrogen-bond donors (Lipinski definition) is 1. The van der Waals surface area contributed by atoms with Crippen molar-refractivity contribution in [2.75, 3.05) is 11.5 Å². The minimum absolute atomic E-state index is 0.121. The van der Waals surface area contributed by atoms with Crippen LogP contribution in [0.4, 0.5) is 5.69 Å². The van der Waals surface area contributed by atoms with Crippen molar-refractivity contribution in [2.45, 2.75) is 58.2 Å². The summed E-state index contributed by atoms with van der Waals surface area (Å²) >= 11 is 0. The maximum absolute atomic E-state index is 13.7. The molecule has 33 heavy (non-hydrogen) atoms. The average molecular weight is 448 g/mol. The minimum Gasteiger partial charge on any atom is -0.396 e. The first-order valence-electron chi connectivity index (χ1n) is 11.2. The number of anilines is 1. The molecule has 2 aliphatic heterocycles. The molecule has 0 spiro atoms. The van der Waals surface area contributed by atoms with Crippen LogP contribution < -0.4 is 4.90 Å². The summed E-state index contributed by atoms with van der Waals surface area (Å²) in [7, 11) is 0. The molecule has 0 saturated carbocycles. The quantitative estimate of drug-likeness (QED) is 0.691. The van der Waals surface area contributed by atoms with E-state index in [1.807, 2.05) is 45.0 Å². The van der Waals surface area contributed by atoms with Gasteiger partial charge in [0.05, 0.1) is 46.4 Å². The van der Waals surface area contributed by atoms with Crippen molar-refractivity contribution >= 4 is 28.3 Å². The van der Waals surface area contributed by atoms with E-state index >= 15 is 0 Å². The number of fused-ring (bicyclic) bond motifs is 2. The van der Waals surface area contributed by atoms with Crippen LogP contribution in [0.5, 0.6) is 0 Å². The molecule has 2 fully saturated rings. The van der Waals surface area contributed by atoms with Gasteiger partial charge in [0.25, 0.3) is 0 Å². The summed E-state index contributed by atoms with van der Waals surface area (Å²) in [5.41, 5.74) is -0.645. The molecule has 0 aliphatic carbocycles. The van der Waals surface area contributed by atoms with Crippen molar-refractivity contribution in [1.82, 2.24) is 0 Å². The van der Waals surface area contributed by atoms with Gasteiger partial charge in [-0.15, -0.1) is 0 Å². The third kappa shape index (κ3) is 3.68. The lowest BCUT2D eigenvalue weighted by Crippen LogP contribution is -2.45. The number of ether oxygens (including phenoxy) is 1. The highest BCUT2D eigenvalue weighted by Gasteiger charge is 2.69. The molecule has 0 bridgehead atoms. The Morgan fingerprint density at radius 2 is 1.61 bits per heavy atom. The average Bonchev–Trinajstić information content (AvgIpc) is 3.24. The Balaban J connectivity index is 0.000000968. The summed E-state index contributed by atoms with van der Waals surface area (Å²) in [6.07, 6.45) is 1.50. The molecule has 3 atom stereocenters. The number of aliphatic hydroxyl groups is 1. The highest BCUT2D eigenvalue weighted by molar-refractivity contribution is 6.26. The zero-order valence-corrected chi connectivity index (χ0v) is 19.5. The third-order valence-electron chi connectivity index (χ3n) is 7.03. The van der Waals surface area contributed by atoms with Crippen LogP contribution in [0.15, 0.2) is 36.4 Å². The first-order chi connectivity index (χ1) is 15.8. The molecule has 1 N–H and O–H groups in total. The summed E-state index contributed by atoms with van der Waals surface area (Å²) in [4.78, 5) is 28.7. The summed E-state index contributed by atoms with van der Waals surface area (Å²) < 4.78 is 6.42. The molecule has 2 amide bonds. The molecular weight excluding hydrogens is 418 g/mol. The van der Waals surface area contributed by atoms with Gasteiger partial charge in [0, 0.05) is 30.7 Å². The van der Waals surface area contributed by atoms with Gasteiger partial charge in [0.15, 0.2) is 0 Å². The van der Waals surface area contributed by atoms with Gasteiger partial charge in [0.1, 0.15) is 0 Å². The molecule has 2 saturated heterocycles. The summed E-state index contributed by atoms with van der Waals surface area (Å²) in [6.45, 7) is 7.09. The third-order valence-corrected chi connectivity index (χ3v) is 7.03. The zero-order chi connectivity index (χ0) is 24.4. The molecule has 2 heterocycles. The number of amides is 2. The van der Waals surface area contributed by atoms with Gasteiger partial charge in [-0.3, -0.25) is 9.59 Å². The van der Waals surface area contributed by atoms with Gasteiger partial charge in [-0.1, -0.05) is 38.1 Å². The highest BCUT2D eigenvalue weighted by atomic mass is 16.5. The number of nitriles is 2. The second kappa shape index (κ2) is 9.31. The number of aliphatic hydroxyl groups excluding tert-OH is 1. The fourth-order valence-corrected chi connectivity index (χ4v) is 5.48. The zero-order valence-electron chi connectivity index (χ0n) is 19.5. The number of rotatable bonds is 5. The lowest BCUT2D eigenvalue weighted by Gasteiger charge is -2.35. The van der Waals surface area contributed by atoms with Gasteiger partial charge in [0.2, 0.25) is 11.8 Å². The standard InChI is InChI=1S/C24H26N2O4.C2H3N/c1-4-24(5-2)20-19(23(3,30-24)12-13-27)21(28)26(22(20)29)18-11-10-15(14-25)16-8-6-7-9-17(16)18;1-2-3/h6-11,19-20,27H,4-5,12-13H2,1-3H3;1H3. The van der Waals surface area contributed by atoms with E-state index in [-0.39, 0.29) is 24.8 Å². The second-order valence-corrected chi connectivity index (χ2v) is 8.64. The smallest absolute Gasteiger partial charge is 0.240 e. The number of carbonyl (C=O) groups is 2. The lowest BCUT2D eigenvalue weighted by atomic mass is 9.74. The molecule has 2 aromatic carbocycles. The summed E-state index contributed by atoms with van der Waals surface area (Å²) in [5, 5.41) is 27.8. The van der Waals surface area contributed by atoms with E-state index < -0.39 is 23.0 Å². The molecule has 7 heteroatoms. The Kier molecular flexibility index (Phi) is 6.88. The van der Waals surface area contributed by atoms with Crippen LogP contribution in [0.3, 0.4) is 0 Å². The Labute approximate surface area is 194 Å². The van der Waals surface area contributed by atoms with Crippen LogP contribution in [0.25, 0.3) is 10.8 Å². The molecule has 2 aromatic rings. The lowest BCUT2D eigenvalue weighted by molar-refractivity contribution is -0.144. The van der Waals surface area contributed by atoms with Gasteiger partial charge in [-0.2, -0.15) is 10.5 Å². The topological polar surface area (TPSA) is 114 Å². The molecule has 7 nitrogen and oxygen atoms in total. The molecule has 0 radical (unpaired) electrons. The Bertz CT molecular complexity index is 1160.